The van der Waals surface area contributed by atoms with Gasteiger partial charge in [0.25, 0.3) is 5.91 Å². The molecule has 0 bridgehead atoms. The van der Waals surface area contributed by atoms with Crippen molar-refractivity contribution in [3.05, 3.63) is 23.5 Å². The maximum absolute atomic E-state index is 12.3. The number of hydrogen-bond acceptors (Lipinski definition) is 3. The molecule has 0 aliphatic carbocycles. The Kier molecular flexibility index (Phi) is 3.63. The molecule has 1 unspecified atom stereocenters. The molecule has 1 amide bonds. The molecule has 1 atom stereocenters. The fourth-order valence-corrected chi connectivity index (χ4v) is 2.83. The first-order valence-corrected chi connectivity index (χ1v) is 6.46. The van der Waals surface area contributed by atoms with Gasteiger partial charge in [-0.3, -0.25) is 4.79 Å². The van der Waals surface area contributed by atoms with Gasteiger partial charge in [-0.25, -0.2) is 0 Å². The number of likely N-dealkylation sites (tertiary alicyclic amines) is 1. The van der Waals surface area contributed by atoms with Crippen LogP contribution in [-0.2, 0) is 0 Å². The topological polar surface area (TPSA) is 63.1 Å². The Morgan fingerprint density at radius 2 is 2.42 bits per heavy atom. The molecule has 102 valence electrons. The summed E-state index contributed by atoms with van der Waals surface area (Å²) in [5.41, 5.74) is 1.13. The third-order valence-corrected chi connectivity index (χ3v) is 3.76. The second kappa shape index (κ2) is 5.06. The van der Waals surface area contributed by atoms with E-state index < -0.39 is 0 Å². The van der Waals surface area contributed by atoms with Crippen molar-refractivity contribution in [3.63, 3.8) is 0 Å². The third kappa shape index (κ3) is 2.96. The number of carbonyl (C=O) groups excluding carboxylic acids is 1. The van der Waals surface area contributed by atoms with E-state index in [0.29, 0.717) is 11.3 Å². The molecule has 1 aromatic heterocycles. The van der Waals surface area contributed by atoms with Crippen molar-refractivity contribution in [3.8, 4) is 6.07 Å². The van der Waals surface area contributed by atoms with Crippen molar-refractivity contribution < 1.29 is 4.79 Å². The third-order valence-electron chi connectivity index (χ3n) is 3.76. The molecule has 5 nitrogen and oxygen atoms in total. The Hall–Kier alpha value is -1.80. The second-order valence-electron chi connectivity index (χ2n) is 5.87. The van der Waals surface area contributed by atoms with Crippen LogP contribution in [0.3, 0.4) is 0 Å². The molecule has 1 aliphatic heterocycles. The lowest BCUT2D eigenvalue weighted by Crippen LogP contribution is -2.38. The summed E-state index contributed by atoms with van der Waals surface area (Å²) in [6, 6.07) is 3.62. The largest absolute Gasteiger partial charge is 0.356 e. The summed E-state index contributed by atoms with van der Waals surface area (Å²) in [5, 5.41) is 8.77. The first-order chi connectivity index (χ1) is 8.93. The molecule has 1 fully saturated rings. The van der Waals surface area contributed by atoms with Gasteiger partial charge in [-0.15, -0.1) is 0 Å². The van der Waals surface area contributed by atoms with E-state index in [-0.39, 0.29) is 11.3 Å². The number of carbonyl (C=O) groups is 1. The molecule has 0 aromatic carbocycles. The van der Waals surface area contributed by atoms with Crippen LogP contribution in [0.2, 0.25) is 0 Å². The van der Waals surface area contributed by atoms with E-state index in [0.717, 1.165) is 26.1 Å². The zero-order chi connectivity index (χ0) is 14.0. The average molecular weight is 260 g/mol. The summed E-state index contributed by atoms with van der Waals surface area (Å²) in [7, 11) is 3.93. The standard InChI is InChI=1S/C14H20N4O/c1-14(4-5-17(2)9-14)10-18(3)13(19)12-6-11(7-15)8-16-12/h6,8,16H,4-5,9-10H2,1-3H3. The van der Waals surface area contributed by atoms with Crippen LogP contribution in [0.5, 0.6) is 0 Å². The van der Waals surface area contributed by atoms with Crippen molar-refractivity contribution in [1.29, 1.82) is 5.26 Å². The van der Waals surface area contributed by atoms with E-state index >= 15 is 0 Å². The lowest BCUT2D eigenvalue weighted by molar-refractivity contribution is 0.0725. The van der Waals surface area contributed by atoms with Crippen LogP contribution in [0.25, 0.3) is 0 Å². The molecular weight excluding hydrogens is 240 g/mol. The van der Waals surface area contributed by atoms with Crippen LogP contribution in [0, 0.1) is 16.7 Å². The molecule has 5 heteroatoms. The number of nitriles is 1. The summed E-state index contributed by atoms with van der Waals surface area (Å²) in [6.45, 7) is 5.05. The van der Waals surface area contributed by atoms with Crippen molar-refractivity contribution in [2.24, 2.45) is 5.41 Å². The highest BCUT2D eigenvalue weighted by atomic mass is 16.2. The van der Waals surface area contributed by atoms with Gasteiger partial charge in [0, 0.05) is 26.3 Å². The highest BCUT2D eigenvalue weighted by Gasteiger charge is 2.34. The van der Waals surface area contributed by atoms with Crippen LogP contribution in [0.15, 0.2) is 12.3 Å². The lowest BCUT2D eigenvalue weighted by Gasteiger charge is -2.29. The minimum Gasteiger partial charge on any atom is -0.356 e. The van der Waals surface area contributed by atoms with E-state index in [4.69, 9.17) is 5.26 Å². The van der Waals surface area contributed by atoms with Gasteiger partial charge >= 0.3 is 0 Å². The zero-order valence-electron chi connectivity index (χ0n) is 11.7. The molecule has 2 heterocycles. The SMILES string of the molecule is CN1CCC(C)(CN(C)C(=O)c2cc(C#N)c[nH]2)C1. The normalized spacial score (nSPS) is 23.3. The number of nitrogens with zero attached hydrogens (tertiary/aromatic N) is 3. The Balaban J connectivity index is 2.02. The molecule has 0 spiro atoms. The quantitative estimate of drug-likeness (QED) is 0.891. The average Bonchev–Trinajstić information content (AvgIpc) is 2.95. The van der Waals surface area contributed by atoms with Crippen LogP contribution < -0.4 is 0 Å². The van der Waals surface area contributed by atoms with E-state index in [2.05, 4.69) is 23.9 Å². The van der Waals surface area contributed by atoms with E-state index in [1.54, 1.807) is 17.2 Å². The number of aromatic amines is 1. The number of aromatic nitrogens is 1. The van der Waals surface area contributed by atoms with Crippen molar-refractivity contribution in [1.82, 2.24) is 14.8 Å². The molecule has 2 rings (SSSR count). The zero-order valence-corrected chi connectivity index (χ0v) is 11.7. The summed E-state index contributed by atoms with van der Waals surface area (Å²) in [4.78, 5) is 19.2. The number of amides is 1. The van der Waals surface area contributed by atoms with E-state index in [1.807, 2.05) is 13.1 Å². The Bertz CT molecular complexity index is 516. The van der Waals surface area contributed by atoms with Gasteiger partial charge in [0.15, 0.2) is 0 Å². The van der Waals surface area contributed by atoms with Gasteiger partial charge in [0.05, 0.1) is 5.56 Å². The fourth-order valence-electron chi connectivity index (χ4n) is 2.83. The fraction of sp³-hybridized carbons (Fsp3) is 0.571. The van der Waals surface area contributed by atoms with Crippen LogP contribution in [0.4, 0.5) is 0 Å². The van der Waals surface area contributed by atoms with Crippen molar-refractivity contribution in [2.45, 2.75) is 13.3 Å². The number of rotatable bonds is 3. The smallest absolute Gasteiger partial charge is 0.270 e. The van der Waals surface area contributed by atoms with E-state index in [1.165, 1.54) is 0 Å². The first-order valence-electron chi connectivity index (χ1n) is 6.46. The highest BCUT2D eigenvalue weighted by Crippen LogP contribution is 2.29. The molecule has 0 saturated carbocycles. The Morgan fingerprint density at radius 1 is 1.68 bits per heavy atom. The van der Waals surface area contributed by atoms with Gasteiger partial charge in [-0.1, -0.05) is 6.92 Å². The summed E-state index contributed by atoms with van der Waals surface area (Å²) >= 11 is 0. The minimum atomic E-state index is -0.0581. The van der Waals surface area contributed by atoms with E-state index in [9.17, 15) is 4.79 Å². The molecule has 1 aromatic rings. The van der Waals surface area contributed by atoms with Gasteiger partial charge in [0.2, 0.25) is 0 Å². The Labute approximate surface area is 113 Å². The Morgan fingerprint density at radius 3 is 2.95 bits per heavy atom. The molecule has 1 N–H and O–H groups in total. The first kappa shape index (κ1) is 13.6. The van der Waals surface area contributed by atoms with Gasteiger partial charge in [-0.2, -0.15) is 5.26 Å². The number of hydrogen-bond donors (Lipinski definition) is 1. The summed E-state index contributed by atoms with van der Waals surface area (Å²) < 4.78 is 0. The molecule has 19 heavy (non-hydrogen) atoms. The summed E-state index contributed by atoms with van der Waals surface area (Å²) in [6.07, 6.45) is 2.67. The molecule has 1 saturated heterocycles. The number of nitrogens with one attached hydrogen (secondary N) is 1. The summed E-state index contributed by atoms with van der Waals surface area (Å²) in [5.74, 6) is -0.0581. The second-order valence-corrected chi connectivity index (χ2v) is 5.87. The predicted octanol–water partition coefficient (Wildman–Crippen LogP) is 1.30. The van der Waals surface area contributed by atoms with Gasteiger partial charge in [-0.05, 0) is 31.5 Å². The van der Waals surface area contributed by atoms with Gasteiger partial charge < -0.3 is 14.8 Å². The predicted molar refractivity (Wildman–Crippen MR) is 72.7 cm³/mol. The minimum absolute atomic E-state index is 0.0581. The van der Waals surface area contributed by atoms with Crippen molar-refractivity contribution in [2.75, 3.05) is 33.7 Å². The van der Waals surface area contributed by atoms with Crippen molar-refractivity contribution >= 4 is 5.91 Å². The lowest BCUT2D eigenvalue weighted by atomic mass is 9.89. The molecule has 1 aliphatic rings. The van der Waals surface area contributed by atoms with Crippen LogP contribution in [0.1, 0.15) is 29.4 Å². The number of H-pyrrole nitrogens is 1. The maximum atomic E-state index is 12.3. The molecular formula is C14H20N4O. The molecule has 0 radical (unpaired) electrons. The highest BCUT2D eigenvalue weighted by molar-refractivity contribution is 5.92. The van der Waals surface area contributed by atoms with Crippen LogP contribution >= 0.6 is 0 Å². The van der Waals surface area contributed by atoms with Gasteiger partial charge in [0.1, 0.15) is 11.8 Å². The monoisotopic (exact) mass is 260 g/mol. The maximum Gasteiger partial charge on any atom is 0.270 e. The van der Waals surface area contributed by atoms with Crippen LogP contribution in [-0.4, -0.2) is 54.4 Å².